The molecule has 168 valence electrons. The number of nitrogens with one attached hydrogen (secondary N) is 1. The highest BCUT2D eigenvalue weighted by Crippen LogP contribution is 2.28. The Labute approximate surface area is 189 Å². The molecule has 0 spiro atoms. The first-order chi connectivity index (χ1) is 15.0. The van der Waals surface area contributed by atoms with Gasteiger partial charge >= 0.3 is 5.69 Å². The highest BCUT2D eigenvalue weighted by molar-refractivity contribution is 8.00. The van der Waals surface area contributed by atoms with Gasteiger partial charge < -0.3 is 10.2 Å². The summed E-state index contributed by atoms with van der Waals surface area (Å²) in [5.74, 6) is 0.174. The van der Waals surface area contributed by atoms with E-state index >= 15 is 0 Å². The molecule has 1 aliphatic rings. The smallest absolute Gasteiger partial charge is 0.325 e. The zero-order chi connectivity index (χ0) is 22.2. The normalized spacial score (nSPS) is 13.3. The van der Waals surface area contributed by atoms with E-state index in [1.54, 1.807) is 0 Å². The molecule has 1 aromatic carbocycles. The highest BCUT2D eigenvalue weighted by atomic mass is 32.2. The zero-order valence-corrected chi connectivity index (χ0v) is 19.8. The van der Waals surface area contributed by atoms with Crippen molar-refractivity contribution >= 4 is 23.4 Å². The van der Waals surface area contributed by atoms with Crippen molar-refractivity contribution in [2.45, 2.75) is 63.4 Å². The largest absolute Gasteiger partial charge is 0.348 e. The average molecular weight is 443 g/mol. The topological polar surface area (TPSA) is 67.2 Å². The first kappa shape index (κ1) is 23.5. The lowest BCUT2D eigenvalue weighted by molar-refractivity contribution is -0.113. The predicted octanol–water partition coefficient (Wildman–Crippen LogP) is 3.76. The summed E-state index contributed by atoms with van der Waals surface area (Å²) < 4.78 is 1.83. The second kappa shape index (κ2) is 11.5. The Kier molecular flexibility index (Phi) is 8.72. The summed E-state index contributed by atoms with van der Waals surface area (Å²) in [7, 11) is 4.01. The van der Waals surface area contributed by atoms with Crippen LogP contribution in [0.25, 0.3) is 0 Å². The Morgan fingerprint density at radius 3 is 2.65 bits per heavy atom. The fourth-order valence-corrected chi connectivity index (χ4v) is 4.74. The number of nitrogens with zero attached hydrogens (tertiary/aromatic N) is 3. The number of amides is 1. The van der Waals surface area contributed by atoms with Crippen LogP contribution >= 0.6 is 11.8 Å². The van der Waals surface area contributed by atoms with Gasteiger partial charge in [-0.3, -0.25) is 9.36 Å². The molecule has 1 aromatic heterocycles. The number of aromatic nitrogens is 2. The number of carbonyl (C=O) groups is 1. The van der Waals surface area contributed by atoms with E-state index in [2.05, 4.69) is 34.3 Å². The van der Waals surface area contributed by atoms with Crippen molar-refractivity contribution in [1.82, 2.24) is 14.5 Å². The van der Waals surface area contributed by atoms with E-state index in [1.807, 2.05) is 30.8 Å². The maximum absolute atomic E-state index is 12.7. The summed E-state index contributed by atoms with van der Waals surface area (Å²) in [6.45, 7) is 3.64. The van der Waals surface area contributed by atoms with Gasteiger partial charge in [0.15, 0.2) is 0 Å². The summed E-state index contributed by atoms with van der Waals surface area (Å²) in [5.41, 5.74) is 4.16. The number of fused-ring (bicyclic) bond motifs is 1. The second-order valence-electron chi connectivity index (χ2n) is 8.42. The molecule has 1 amide bonds. The van der Waals surface area contributed by atoms with Crippen molar-refractivity contribution in [3.63, 3.8) is 0 Å². The van der Waals surface area contributed by atoms with Crippen molar-refractivity contribution in [3.05, 3.63) is 51.6 Å². The Morgan fingerprint density at radius 1 is 1.19 bits per heavy atom. The molecule has 0 saturated heterocycles. The minimum Gasteiger partial charge on any atom is -0.325 e. The summed E-state index contributed by atoms with van der Waals surface area (Å²) in [6.07, 6.45) is 7.44. The third-order valence-electron chi connectivity index (χ3n) is 5.62. The average Bonchev–Trinajstić information content (AvgIpc) is 2.76. The summed E-state index contributed by atoms with van der Waals surface area (Å²) >= 11 is 1.38. The van der Waals surface area contributed by atoms with Gasteiger partial charge in [-0.1, -0.05) is 37.2 Å². The Morgan fingerprint density at radius 2 is 1.94 bits per heavy atom. The van der Waals surface area contributed by atoms with Crippen LogP contribution in [0.2, 0.25) is 0 Å². The molecule has 31 heavy (non-hydrogen) atoms. The molecular weight excluding hydrogens is 408 g/mol. The number of rotatable bonds is 10. The van der Waals surface area contributed by atoms with E-state index < -0.39 is 0 Å². The number of aryl methyl sites for hydroxylation is 1. The van der Waals surface area contributed by atoms with Gasteiger partial charge in [-0.2, -0.15) is 4.98 Å². The molecule has 6 nitrogen and oxygen atoms in total. The molecule has 0 fully saturated rings. The standard InChI is InChI=1S/C24H34N4O2S/c1-4-5-8-18-11-13-19(14-12-18)25-22(29)17-31-23-20-9-6-7-10-21(20)28(24(30)26-23)16-15-27(2)3/h11-14H,4-10,15-17H2,1-3H3,(H,25,29). The van der Waals surface area contributed by atoms with Crippen LogP contribution in [0.4, 0.5) is 5.69 Å². The first-order valence-electron chi connectivity index (χ1n) is 11.3. The number of unbranched alkanes of at least 4 members (excludes halogenated alkanes) is 1. The van der Waals surface area contributed by atoms with Gasteiger partial charge in [-0.15, -0.1) is 0 Å². The summed E-state index contributed by atoms with van der Waals surface area (Å²) in [6, 6.07) is 8.06. The SMILES string of the molecule is CCCCc1ccc(NC(=O)CSc2nc(=O)n(CCN(C)C)c3c2CCCC3)cc1. The molecule has 0 unspecified atom stereocenters. The number of thioether (sulfide) groups is 1. The maximum Gasteiger partial charge on any atom is 0.348 e. The molecule has 0 atom stereocenters. The monoisotopic (exact) mass is 442 g/mol. The van der Waals surface area contributed by atoms with Gasteiger partial charge in [0.2, 0.25) is 5.91 Å². The first-order valence-corrected chi connectivity index (χ1v) is 12.3. The number of hydrogen-bond acceptors (Lipinski definition) is 5. The molecule has 0 bridgehead atoms. The van der Waals surface area contributed by atoms with Crippen LogP contribution in [0.15, 0.2) is 34.1 Å². The second-order valence-corrected chi connectivity index (χ2v) is 9.39. The van der Waals surface area contributed by atoms with E-state index in [0.29, 0.717) is 6.54 Å². The lowest BCUT2D eigenvalue weighted by Gasteiger charge is -2.23. The van der Waals surface area contributed by atoms with Crippen molar-refractivity contribution in [3.8, 4) is 0 Å². The molecule has 0 radical (unpaired) electrons. The van der Waals surface area contributed by atoms with Crippen LogP contribution in [-0.2, 0) is 30.6 Å². The maximum atomic E-state index is 12.7. The van der Waals surface area contributed by atoms with Gasteiger partial charge in [0.05, 0.1) is 5.75 Å². The van der Waals surface area contributed by atoms with Crippen LogP contribution in [0, 0.1) is 0 Å². The predicted molar refractivity (Wildman–Crippen MR) is 128 cm³/mol. The minimum absolute atomic E-state index is 0.0746. The van der Waals surface area contributed by atoms with E-state index in [1.165, 1.54) is 30.2 Å². The van der Waals surface area contributed by atoms with Gasteiger partial charge in [-0.05, 0) is 70.3 Å². The quantitative estimate of drug-likeness (QED) is 0.448. The lowest BCUT2D eigenvalue weighted by atomic mass is 9.97. The molecule has 2 aromatic rings. The number of anilines is 1. The van der Waals surface area contributed by atoms with Gasteiger partial charge in [0, 0.05) is 30.0 Å². The molecule has 0 saturated carbocycles. The van der Waals surface area contributed by atoms with Crippen molar-refractivity contribution < 1.29 is 4.79 Å². The van der Waals surface area contributed by atoms with Crippen LogP contribution in [0.1, 0.15) is 49.4 Å². The number of likely N-dealkylation sites (N-methyl/N-ethyl adjacent to an activating group) is 1. The number of hydrogen-bond donors (Lipinski definition) is 1. The third kappa shape index (κ3) is 6.68. The third-order valence-corrected chi connectivity index (χ3v) is 6.64. The molecule has 3 rings (SSSR count). The van der Waals surface area contributed by atoms with Crippen LogP contribution < -0.4 is 11.0 Å². The highest BCUT2D eigenvalue weighted by Gasteiger charge is 2.21. The lowest BCUT2D eigenvalue weighted by Crippen LogP contribution is -2.33. The van der Waals surface area contributed by atoms with E-state index in [4.69, 9.17) is 0 Å². The fraction of sp³-hybridized carbons (Fsp3) is 0.542. The van der Waals surface area contributed by atoms with Crippen LogP contribution in [-0.4, -0.2) is 46.8 Å². The minimum atomic E-state index is -0.201. The fourth-order valence-electron chi connectivity index (χ4n) is 3.86. The van der Waals surface area contributed by atoms with Crippen molar-refractivity contribution in [2.75, 3.05) is 31.7 Å². The molecule has 1 aliphatic carbocycles. The van der Waals surface area contributed by atoms with E-state index in [9.17, 15) is 9.59 Å². The van der Waals surface area contributed by atoms with E-state index in [0.717, 1.165) is 60.6 Å². The van der Waals surface area contributed by atoms with Crippen molar-refractivity contribution in [2.24, 2.45) is 0 Å². The Balaban J connectivity index is 1.65. The van der Waals surface area contributed by atoms with Gasteiger partial charge in [0.1, 0.15) is 5.03 Å². The summed E-state index contributed by atoms with van der Waals surface area (Å²) in [4.78, 5) is 31.6. The van der Waals surface area contributed by atoms with Crippen LogP contribution in [0.5, 0.6) is 0 Å². The van der Waals surface area contributed by atoms with Crippen molar-refractivity contribution in [1.29, 1.82) is 0 Å². The molecular formula is C24H34N4O2S. The van der Waals surface area contributed by atoms with E-state index in [-0.39, 0.29) is 17.3 Å². The number of carbonyl (C=O) groups excluding carboxylic acids is 1. The molecule has 0 aliphatic heterocycles. The summed E-state index contributed by atoms with van der Waals surface area (Å²) in [5, 5.41) is 3.69. The zero-order valence-electron chi connectivity index (χ0n) is 18.9. The number of benzene rings is 1. The Bertz CT molecular complexity index is 938. The molecule has 1 heterocycles. The molecule has 7 heteroatoms. The molecule has 1 N–H and O–H groups in total. The van der Waals surface area contributed by atoms with Crippen LogP contribution in [0.3, 0.4) is 0 Å². The Hall–Kier alpha value is -2.12. The van der Waals surface area contributed by atoms with Gasteiger partial charge in [-0.25, -0.2) is 4.79 Å². The van der Waals surface area contributed by atoms with Gasteiger partial charge in [0.25, 0.3) is 0 Å².